The Morgan fingerprint density at radius 3 is 2.82 bits per heavy atom. The largest absolute Gasteiger partial charge is 0.326 e. The molecule has 3 rings (SSSR count). The predicted molar refractivity (Wildman–Crippen MR) is 84.1 cm³/mol. The molecule has 1 atom stereocenters. The smallest absolute Gasteiger partial charge is 0.248 e. The summed E-state index contributed by atoms with van der Waals surface area (Å²) in [6, 6.07) is 12.3. The van der Waals surface area contributed by atoms with Crippen LogP contribution >= 0.6 is 11.3 Å². The number of benzene rings is 1. The van der Waals surface area contributed by atoms with Crippen LogP contribution in [0.1, 0.15) is 27.0 Å². The second-order valence-electron chi connectivity index (χ2n) is 4.86. The average molecular weight is 309 g/mol. The number of fused-ring (bicyclic) bond motifs is 1. The van der Waals surface area contributed by atoms with Crippen molar-refractivity contribution in [1.29, 1.82) is 5.26 Å². The molecule has 0 aliphatic carbocycles. The van der Waals surface area contributed by atoms with Crippen LogP contribution in [0, 0.1) is 18.3 Å². The monoisotopic (exact) mass is 309 g/mol. The Labute approximate surface area is 129 Å². The zero-order valence-corrected chi connectivity index (χ0v) is 12.5. The number of ketones is 1. The fourth-order valence-corrected chi connectivity index (χ4v) is 3.24. The number of nitrogens with one attached hydrogen (secondary N) is 1. The van der Waals surface area contributed by atoms with E-state index in [1.165, 1.54) is 17.4 Å². The Morgan fingerprint density at radius 2 is 2.14 bits per heavy atom. The van der Waals surface area contributed by atoms with Crippen LogP contribution in [0.2, 0.25) is 0 Å². The third-order valence-electron chi connectivity index (χ3n) is 3.21. The Morgan fingerprint density at radius 1 is 1.36 bits per heavy atom. The number of aryl methyl sites for hydroxylation is 1. The van der Waals surface area contributed by atoms with Crippen molar-refractivity contribution in [3.8, 4) is 6.07 Å². The molecule has 0 saturated heterocycles. The van der Waals surface area contributed by atoms with Crippen molar-refractivity contribution < 1.29 is 4.79 Å². The fraction of sp³-hybridized carbons (Fsp3) is 0.125. The number of Topliss-reactive ketones (excluding diaryl/α,β-unsaturated/α-hetero) is 1. The normalized spacial score (nSPS) is 12.0. The van der Waals surface area contributed by atoms with E-state index >= 15 is 0 Å². The minimum Gasteiger partial charge on any atom is -0.326 e. The van der Waals surface area contributed by atoms with E-state index in [0.29, 0.717) is 10.7 Å². The quantitative estimate of drug-likeness (QED) is 0.754. The molecule has 6 heteroatoms. The molecule has 0 bridgehead atoms. The summed E-state index contributed by atoms with van der Waals surface area (Å²) in [7, 11) is 0. The maximum Gasteiger partial charge on any atom is 0.248 e. The standard InChI is InChI=1S/C16H11N3O2S/c1-9-6-10(7-14(20)18-9)15(21)11(8-17)16-19-12-4-2-3-5-13(12)22-16/h2-7,11H,1H3,(H,18,20)/t11-/m0/s1. The number of para-hydroxylation sites is 1. The lowest BCUT2D eigenvalue weighted by molar-refractivity contribution is 0.0978. The van der Waals surface area contributed by atoms with Gasteiger partial charge in [-0.25, -0.2) is 4.98 Å². The molecule has 2 aromatic heterocycles. The van der Waals surface area contributed by atoms with E-state index < -0.39 is 11.7 Å². The summed E-state index contributed by atoms with van der Waals surface area (Å²) in [5, 5.41) is 9.84. The molecule has 3 aromatic rings. The van der Waals surface area contributed by atoms with Gasteiger partial charge in [-0.15, -0.1) is 11.3 Å². The van der Waals surface area contributed by atoms with Crippen LogP contribution in [-0.2, 0) is 0 Å². The number of pyridine rings is 1. The van der Waals surface area contributed by atoms with E-state index in [2.05, 4.69) is 9.97 Å². The Kier molecular flexibility index (Phi) is 3.57. The van der Waals surface area contributed by atoms with Crippen LogP contribution in [0.4, 0.5) is 0 Å². The van der Waals surface area contributed by atoms with Crippen molar-refractivity contribution in [2.75, 3.05) is 0 Å². The maximum absolute atomic E-state index is 12.5. The third-order valence-corrected chi connectivity index (χ3v) is 4.31. The first-order valence-corrected chi connectivity index (χ1v) is 7.40. The fourth-order valence-electron chi connectivity index (χ4n) is 2.23. The molecule has 0 aliphatic heterocycles. The molecule has 2 heterocycles. The molecule has 0 saturated carbocycles. The number of aromatic nitrogens is 2. The molecule has 0 aliphatic rings. The Hall–Kier alpha value is -2.78. The molecular weight excluding hydrogens is 298 g/mol. The number of nitrogens with zero attached hydrogens (tertiary/aromatic N) is 2. The van der Waals surface area contributed by atoms with Crippen LogP contribution in [0.15, 0.2) is 41.2 Å². The van der Waals surface area contributed by atoms with Crippen LogP contribution in [0.3, 0.4) is 0 Å². The average Bonchev–Trinajstić information content (AvgIpc) is 2.90. The molecule has 1 N–H and O–H groups in total. The highest BCUT2D eigenvalue weighted by Crippen LogP contribution is 2.29. The van der Waals surface area contributed by atoms with Gasteiger partial charge in [-0.05, 0) is 25.1 Å². The van der Waals surface area contributed by atoms with Crippen molar-refractivity contribution in [2.24, 2.45) is 0 Å². The summed E-state index contributed by atoms with van der Waals surface area (Å²) in [4.78, 5) is 31.0. The van der Waals surface area contributed by atoms with Crippen LogP contribution in [-0.4, -0.2) is 15.8 Å². The molecule has 0 spiro atoms. The molecular formula is C16H11N3O2S. The van der Waals surface area contributed by atoms with Gasteiger partial charge in [0.05, 0.1) is 16.3 Å². The van der Waals surface area contributed by atoms with Crippen LogP contribution < -0.4 is 5.56 Å². The van der Waals surface area contributed by atoms with Gasteiger partial charge in [0.15, 0.2) is 11.7 Å². The molecule has 0 amide bonds. The van der Waals surface area contributed by atoms with E-state index in [1.54, 1.807) is 13.0 Å². The predicted octanol–water partition coefficient (Wildman–Crippen LogP) is 2.78. The Bertz CT molecular complexity index is 932. The zero-order chi connectivity index (χ0) is 15.7. The van der Waals surface area contributed by atoms with Crippen LogP contribution in [0.25, 0.3) is 10.2 Å². The second kappa shape index (κ2) is 5.54. The molecule has 0 unspecified atom stereocenters. The lowest BCUT2D eigenvalue weighted by atomic mass is 10.00. The number of rotatable bonds is 3. The van der Waals surface area contributed by atoms with E-state index in [-0.39, 0.29) is 11.1 Å². The minimum absolute atomic E-state index is 0.229. The van der Waals surface area contributed by atoms with Crippen molar-refractivity contribution in [3.05, 3.63) is 63.0 Å². The van der Waals surface area contributed by atoms with E-state index in [9.17, 15) is 14.9 Å². The van der Waals surface area contributed by atoms with E-state index in [4.69, 9.17) is 0 Å². The van der Waals surface area contributed by atoms with Crippen molar-refractivity contribution >= 4 is 27.3 Å². The van der Waals surface area contributed by atoms with E-state index in [0.717, 1.165) is 10.2 Å². The summed E-state index contributed by atoms with van der Waals surface area (Å²) in [5.74, 6) is -1.41. The number of hydrogen-bond donors (Lipinski definition) is 1. The third kappa shape index (κ3) is 2.54. The minimum atomic E-state index is -1.00. The number of carbonyl (C=O) groups excluding carboxylic acids is 1. The van der Waals surface area contributed by atoms with Gasteiger partial charge in [-0.2, -0.15) is 5.26 Å². The lowest BCUT2D eigenvalue weighted by Gasteiger charge is -2.05. The molecule has 1 aromatic carbocycles. The van der Waals surface area contributed by atoms with E-state index in [1.807, 2.05) is 30.3 Å². The van der Waals surface area contributed by atoms with Gasteiger partial charge >= 0.3 is 0 Å². The number of hydrogen-bond acceptors (Lipinski definition) is 5. The summed E-state index contributed by atoms with van der Waals surface area (Å²) < 4.78 is 0.924. The highest BCUT2D eigenvalue weighted by atomic mass is 32.1. The lowest BCUT2D eigenvalue weighted by Crippen LogP contribution is -2.16. The number of carbonyl (C=O) groups is 1. The van der Waals surface area contributed by atoms with Crippen molar-refractivity contribution in [2.45, 2.75) is 12.8 Å². The Balaban J connectivity index is 2.05. The number of aromatic amines is 1. The van der Waals surface area contributed by atoms with Crippen molar-refractivity contribution in [1.82, 2.24) is 9.97 Å². The van der Waals surface area contributed by atoms with Gasteiger partial charge in [0.25, 0.3) is 0 Å². The maximum atomic E-state index is 12.5. The second-order valence-corrected chi connectivity index (χ2v) is 5.92. The van der Waals surface area contributed by atoms with Gasteiger partial charge in [0, 0.05) is 17.3 Å². The molecule has 5 nitrogen and oxygen atoms in total. The molecule has 22 heavy (non-hydrogen) atoms. The highest BCUT2D eigenvalue weighted by molar-refractivity contribution is 7.18. The first kappa shape index (κ1) is 14.2. The summed E-state index contributed by atoms with van der Waals surface area (Å²) in [5.41, 5.74) is 1.21. The summed E-state index contributed by atoms with van der Waals surface area (Å²) >= 11 is 1.32. The number of nitriles is 1. The van der Waals surface area contributed by atoms with Gasteiger partial charge in [-0.3, -0.25) is 9.59 Å². The SMILES string of the molecule is Cc1cc(C(=O)[C@H](C#N)c2nc3ccccc3s2)cc(=O)[nH]1. The first-order valence-electron chi connectivity index (χ1n) is 6.59. The summed E-state index contributed by atoms with van der Waals surface area (Å²) in [6.45, 7) is 1.69. The first-order chi connectivity index (χ1) is 10.6. The number of thiazole rings is 1. The van der Waals surface area contributed by atoms with Gasteiger partial charge in [0.2, 0.25) is 5.56 Å². The zero-order valence-electron chi connectivity index (χ0n) is 11.7. The topological polar surface area (TPSA) is 86.6 Å². The highest BCUT2D eigenvalue weighted by Gasteiger charge is 2.25. The van der Waals surface area contributed by atoms with Gasteiger partial charge in [-0.1, -0.05) is 12.1 Å². The van der Waals surface area contributed by atoms with Crippen LogP contribution in [0.5, 0.6) is 0 Å². The van der Waals surface area contributed by atoms with Crippen molar-refractivity contribution in [3.63, 3.8) is 0 Å². The molecule has 0 fully saturated rings. The van der Waals surface area contributed by atoms with Gasteiger partial charge < -0.3 is 4.98 Å². The number of H-pyrrole nitrogens is 1. The molecule has 108 valence electrons. The molecule has 0 radical (unpaired) electrons. The summed E-state index contributed by atoms with van der Waals surface area (Å²) in [6.07, 6.45) is 0. The van der Waals surface area contributed by atoms with Gasteiger partial charge in [0.1, 0.15) is 5.01 Å².